The Hall–Kier alpha value is -2.86. The summed E-state index contributed by atoms with van der Waals surface area (Å²) in [5.41, 5.74) is 1.71. The number of amides is 1. The zero-order valence-corrected chi connectivity index (χ0v) is 27.2. The van der Waals surface area contributed by atoms with Crippen LogP contribution in [0.1, 0.15) is 115 Å². The lowest BCUT2D eigenvalue weighted by Crippen LogP contribution is -2.50. The van der Waals surface area contributed by atoms with E-state index in [2.05, 4.69) is 32.0 Å². The SMILES string of the molecule is CC.CCC(CC)(c1ccc(OCC(C)(O)C(C)(C)C)c(C)c1)c1ccc(C(=O)N(C)C(C)(C)C(=O)O)c(C)c1. The van der Waals surface area contributed by atoms with Gasteiger partial charge in [0.25, 0.3) is 5.91 Å². The van der Waals surface area contributed by atoms with Gasteiger partial charge >= 0.3 is 5.97 Å². The normalized spacial score (nSPS) is 13.6. The molecule has 2 aromatic rings. The molecule has 0 radical (unpaired) electrons. The molecule has 0 aromatic heterocycles. The summed E-state index contributed by atoms with van der Waals surface area (Å²) in [6.07, 6.45) is 1.72. The molecule has 0 aliphatic carbocycles. The summed E-state index contributed by atoms with van der Waals surface area (Å²) < 4.78 is 6.06. The zero-order valence-electron chi connectivity index (χ0n) is 27.2. The Labute approximate surface area is 242 Å². The molecule has 1 atom stereocenters. The summed E-state index contributed by atoms with van der Waals surface area (Å²) in [6.45, 7) is 23.3. The third-order valence-corrected chi connectivity index (χ3v) is 8.74. The van der Waals surface area contributed by atoms with Crippen molar-refractivity contribution < 1.29 is 24.5 Å². The number of carbonyl (C=O) groups excluding carboxylic acids is 1. The van der Waals surface area contributed by atoms with Crippen LogP contribution >= 0.6 is 0 Å². The van der Waals surface area contributed by atoms with E-state index < -0.39 is 17.1 Å². The fourth-order valence-electron chi connectivity index (χ4n) is 4.56. The predicted octanol–water partition coefficient (Wildman–Crippen LogP) is 7.55. The maximum absolute atomic E-state index is 13.2. The number of carboxylic acids is 1. The minimum atomic E-state index is -1.32. The van der Waals surface area contributed by atoms with Crippen LogP contribution in [0.2, 0.25) is 0 Å². The Balaban J connectivity index is 0.00000391. The molecule has 0 spiro atoms. The Morgan fingerprint density at radius 2 is 1.32 bits per heavy atom. The van der Waals surface area contributed by atoms with Crippen molar-refractivity contribution in [3.63, 3.8) is 0 Å². The van der Waals surface area contributed by atoms with Gasteiger partial charge in [0.1, 0.15) is 23.5 Å². The molecule has 2 rings (SSSR count). The van der Waals surface area contributed by atoms with Gasteiger partial charge in [-0.25, -0.2) is 4.79 Å². The summed E-state index contributed by atoms with van der Waals surface area (Å²) >= 11 is 0. The van der Waals surface area contributed by atoms with Gasteiger partial charge < -0.3 is 19.8 Å². The molecule has 0 heterocycles. The van der Waals surface area contributed by atoms with Gasteiger partial charge in [0.2, 0.25) is 0 Å². The number of hydrogen-bond donors (Lipinski definition) is 2. The number of aliphatic hydroxyl groups is 1. The van der Waals surface area contributed by atoms with Crippen molar-refractivity contribution in [1.82, 2.24) is 4.90 Å². The lowest BCUT2D eigenvalue weighted by molar-refractivity contribution is -0.147. The van der Waals surface area contributed by atoms with Crippen LogP contribution in [-0.4, -0.2) is 51.8 Å². The maximum Gasteiger partial charge on any atom is 0.329 e. The van der Waals surface area contributed by atoms with E-state index in [1.54, 1.807) is 6.92 Å². The number of rotatable bonds is 10. The number of aliphatic carboxylic acids is 1. The van der Waals surface area contributed by atoms with Crippen molar-refractivity contribution in [2.75, 3.05) is 13.7 Å². The number of ether oxygens (including phenoxy) is 1. The molecular formula is C34H53NO5. The lowest BCUT2D eigenvalue weighted by atomic mass is 9.70. The number of hydrogen-bond acceptors (Lipinski definition) is 4. The first-order valence-corrected chi connectivity index (χ1v) is 14.4. The summed E-state index contributed by atoms with van der Waals surface area (Å²) in [5, 5.41) is 20.4. The van der Waals surface area contributed by atoms with E-state index in [1.165, 1.54) is 25.8 Å². The minimum Gasteiger partial charge on any atom is -0.490 e. The van der Waals surface area contributed by atoms with Crippen molar-refractivity contribution in [2.45, 2.75) is 112 Å². The molecule has 0 aliphatic heterocycles. The molecule has 0 saturated carbocycles. The molecule has 1 amide bonds. The van der Waals surface area contributed by atoms with Crippen molar-refractivity contribution >= 4 is 11.9 Å². The van der Waals surface area contributed by atoms with Crippen LogP contribution in [0.5, 0.6) is 5.75 Å². The Morgan fingerprint density at radius 3 is 1.73 bits per heavy atom. The fraction of sp³-hybridized carbons (Fsp3) is 0.588. The van der Waals surface area contributed by atoms with Crippen LogP contribution in [0.3, 0.4) is 0 Å². The van der Waals surface area contributed by atoms with Crippen molar-refractivity contribution in [3.8, 4) is 5.75 Å². The van der Waals surface area contributed by atoms with Crippen LogP contribution in [-0.2, 0) is 10.2 Å². The number of carboxylic acid groups (broad SMARTS) is 1. The standard InChI is InChI=1S/C32H47NO5.C2H6/c1-12-32(13-2,24-15-17-26(22(4)19-24)38-20-31(10,37)29(5,6)7)23-14-16-25(21(3)18-23)27(34)33(11)30(8,9)28(35)36;1-2/h14-19,37H,12-13,20H2,1-11H3,(H,35,36);1-2H3. The van der Waals surface area contributed by atoms with Gasteiger partial charge in [0, 0.05) is 18.0 Å². The van der Waals surface area contributed by atoms with Gasteiger partial charge in [-0.2, -0.15) is 0 Å². The van der Waals surface area contributed by atoms with Crippen molar-refractivity contribution in [3.05, 3.63) is 64.2 Å². The number of aryl methyl sites for hydroxylation is 2. The van der Waals surface area contributed by atoms with E-state index in [1.807, 2.05) is 66.7 Å². The van der Waals surface area contributed by atoms with Gasteiger partial charge in [-0.1, -0.05) is 72.7 Å². The van der Waals surface area contributed by atoms with Crippen LogP contribution in [0.25, 0.3) is 0 Å². The highest BCUT2D eigenvalue weighted by Gasteiger charge is 2.38. The summed E-state index contributed by atoms with van der Waals surface area (Å²) in [4.78, 5) is 26.1. The maximum atomic E-state index is 13.2. The van der Waals surface area contributed by atoms with Gasteiger partial charge in [0.15, 0.2) is 0 Å². The molecule has 0 saturated heterocycles. The van der Waals surface area contributed by atoms with Crippen LogP contribution in [0.4, 0.5) is 0 Å². The molecule has 0 fully saturated rings. The second-order valence-electron chi connectivity index (χ2n) is 12.3. The topological polar surface area (TPSA) is 87.1 Å². The van der Waals surface area contributed by atoms with Crippen LogP contribution < -0.4 is 4.74 Å². The molecule has 224 valence electrons. The molecule has 0 bridgehead atoms. The third-order valence-electron chi connectivity index (χ3n) is 8.74. The van der Waals surface area contributed by atoms with E-state index in [4.69, 9.17) is 4.74 Å². The van der Waals surface area contributed by atoms with Crippen LogP contribution in [0, 0.1) is 19.3 Å². The molecule has 2 N–H and O–H groups in total. The van der Waals surface area contributed by atoms with E-state index in [0.29, 0.717) is 5.56 Å². The Morgan fingerprint density at radius 1 is 0.850 bits per heavy atom. The first-order valence-electron chi connectivity index (χ1n) is 14.4. The Bertz CT molecular complexity index is 1170. The van der Waals surface area contributed by atoms with E-state index >= 15 is 0 Å². The zero-order chi connectivity index (χ0) is 31.3. The number of benzene rings is 2. The smallest absolute Gasteiger partial charge is 0.329 e. The van der Waals surface area contributed by atoms with Crippen molar-refractivity contribution in [1.29, 1.82) is 0 Å². The number of nitrogens with zero attached hydrogens (tertiary/aromatic N) is 1. The summed E-state index contributed by atoms with van der Waals surface area (Å²) in [5.74, 6) is -0.618. The second-order valence-corrected chi connectivity index (χ2v) is 12.3. The highest BCUT2D eigenvalue weighted by molar-refractivity contribution is 5.98. The molecule has 6 heteroatoms. The molecule has 2 aromatic carbocycles. The van der Waals surface area contributed by atoms with Gasteiger partial charge in [-0.15, -0.1) is 0 Å². The second kappa shape index (κ2) is 13.2. The average molecular weight is 556 g/mol. The van der Waals surface area contributed by atoms with Gasteiger partial charge in [0.05, 0.1) is 0 Å². The van der Waals surface area contributed by atoms with E-state index in [0.717, 1.165) is 40.8 Å². The first kappa shape index (κ1) is 35.2. The number of carbonyl (C=O) groups is 2. The quantitative estimate of drug-likeness (QED) is 0.316. The molecule has 40 heavy (non-hydrogen) atoms. The molecular weight excluding hydrogens is 502 g/mol. The fourth-order valence-corrected chi connectivity index (χ4v) is 4.56. The highest BCUT2D eigenvalue weighted by atomic mass is 16.5. The van der Waals surface area contributed by atoms with Gasteiger partial charge in [-0.3, -0.25) is 4.79 Å². The first-order chi connectivity index (χ1) is 18.4. The van der Waals surface area contributed by atoms with E-state index in [9.17, 15) is 19.8 Å². The summed E-state index contributed by atoms with van der Waals surface area (Å²) in [6, 6.07) is 12.1. The predicted molar refractivity (Wildman–Crippen MR) is 164 cm³/mol. The monoisotopic (exact) mass is 555 g/mol. The van der Waals surface area contributed by atoms with Crippen molar-refractivity contribution in [2.24, 2.45) is 5.41 Å². The number of likely N-dealkylation sites (N-methyl/N-ethyl adjacent to an activating group) is 1. The third kappa shape index (κ3) is 7.06. The minimum absolute atomic E-state index is 0.200. The lowest BCUT2D eigenvalue weighted by Gasteiger charge is -2.37. The van der Waals surface area contributed by atoms with Gasteiger partial charge in [-0.05, 0) is 87.3 Å². The molecule has 6 nitrogen and oxygen atoms in total. The van der Waals surface area contributed by atoms with Crippen LogP contribution in [0.15, 0.2) is 36.4 Å². The largest absolute Gasteiger partial charge is 0.490 e. The summed E-state index contributed by atoms with van der Waals surface area (Å²) in [7, 11) is 1.53. The highest BCUT2D eigenvalue weighted by Crippen LogP contribution is 2.41. The Kier molecular flexibility index (Phi) is 11.6. The molecule has 0 aliphatic rings. The molecule has 1 unspecified atom stereocenters. The van der Waals surface area contributed by atoms with E-state index in [-0.39, 0.29) is 23.3 Å². The average Bonchev–Trinajstić information content (AvgIpc) is 2.89.